The van der Waals surface area contributed by atoms with Gasteiger partial charge in [0.25, 0.3) is 0 Å². The summed E-state index contributed by atoms with van der Waals surface area (Å²) < 4.78 is 18.7. The van der Waals surface area contributed by atoms with E-state index in [0.717, 1.165) is 12.1 Å². The van der Waals surface area contributed by atoms with Gasteiger partial charge >= 0.3 is 0 Å². The Morgan fingerprint density at radius 1 is 1.53 bits per heavy atom. The van der Waals surface area contributed by atoms with Crippen LogP contribution in [0.3, 0.4) is 0 Å². The Bertz CT molecular complexity index is 488. The minimum atomic E-state index is -0.366. The van der Waals surface area contributed by atoms with Crippen LogP contribution >= 0.6 is 0 Å². The van der Waals surface area contributed by atoms with Crippen LogP contribution in [0, 0.1) is 11.2 Å². The molecule has 1 aliphatic rings. The second kappa shape index (κ2) is 5.27. The van der Waals surface area contributed by atoms with E-state index in [9.17, 15) is 4.39 Å². The Hall–Kier alpha value is -1.46. The van der Waals surface area contributed by atoms with E-state index in [1.54, 1.807) is 6.07 Å². The van der Waals surface area contributed by atoms with Gasteiger partial charge in [-0.15, -0.1) is 0 Å². The highest BCUT2D eigenvalue weighted by Gasteiger charge is 2.30. The molecule has 1 fully saturated rings. The Balaban J connectivity index is 2.25. The molecule has 0 aliphatic carbocycles. The second-order valence-corrected chi connectivity index (χ2v) is 5.50. The van der Waals surface area contributed by atoms with Crippen molar-refractivity contribution in [3.63, 3.8) is 0 Å². The monoisotopic (exact) mass is 265 g/mol. The van der Waals surface area contributed by atoms with Gasteiger partial charge in [-0.1, -0.05) is 6.07 Å². The molecule has 0 radical (unpaired) electrons. The van der Waals surface area contributed by atoms with Gasteiger partial charge in [0.05, 0.1) is 13.2 Å². The van der Waals surface area contributed by atoms with E-state index in [1.165, 1.54) is 12.1 Å². The molecule has 1 aliphatic heterocycles. The highest BCUT2D eigenvalue weighted by molar-refractivity contribution is 5.96. The molecule has 19 heavy (non-hydrogen) atoms. The highest BCUT2D eigenvalue weighted by atomic mass is 19.1. The van der Waals surface area contributed by atoms with Gasteiger partial charge < -0.3 is 10.5 Å². The van der Waals surface area contributed by atoms with E-state index in [2.05, 4.69) is 18.7 Å². The lowest BCUT2D eigenvalue weighted by molar-refractivity contribution is -0.0553. The van der Waals surface area contributed by atoms with Crippen molar-refractivity contribution < 1.29 is 9.13 Å². The molecule has 0 unspecified atom stereocenters. The summed E-state index contributed by atoms with van der Waals surface area (Å²) in [5.41, 5.74) is 6.81. The number of nitrogens with two attached hydrogens (primary N) is 1. The van der Waals surface area contributed by atoms with Gasteiger partial charge in [-0.25, -0.2) is 4.39 Å². The number of nitrogens with one attached hydrogen (secondary N) is 1. The maximum atomic E-state index is 13.3. The predicted octanol–water partition coefficient (Wildman–Crippen LogP) is 1.72. The molecule has 2 rings (SSSR count). The molecule has 1 aromatic rings. The highest BCUT2D eigenvalue weighted by Crippen LogP contribution is 2.23. The SMILES string of the molecule is CC1(C)COCCN1Cc1ccc(F)cc1C(=N)N. The Kier molecular flexibility index (Phi) is 3.87. The first-order chi connectivity index (χ1) is 8.90. The van der Waals surface area contributed by atoms with Gasteiger partial charge in [0.1, 0.15) is 11.7 Å². The van der Waals surface area contributed by atoms with E-state index in [-0.39, 0.29) is 17.2 Å². The third kappa shape index (κ3) is 3.11. The first-order valence-electron chi connectivity index (χ1n) is 6.36. The molecule has 3 N–H and O–H groups in total. The van der Waals surface area contributed by atoms with Crippen LogP contribution in [0.1, 0.15) is 25.0 Å². The van der Waals surface area contributed by atoms with Crippen LogP contribution in [0.4, 0.5) is 4.39 Å². The molecule has 1 saturated heterocycles. The second-order valence-electron chi connectivity index (χ2n) is 5.50. The van der Waals surface area contributed by atoms with E-state index >= 15 is 0 Å². The molecule has 1 aromatic carbocycles. The quantitative estimate of drug-likeness (QED) is 0.646. The molecule has 104 valence electrons. The van der Waals surface area contributed by atoms with Crippen LogP contribution < -0.4 is 5.73 Å². The smallest absolute Gasteiger partial charge is 0.123 e. The van der Waals surface area contributed by atoms with Crippen molar-refractivity contribution in [3.8, 4) is 0 Å². The fourth-order valence-electron chi connectivity index (χ4n) is 2.33. The van der Waals surface area contributed by atoms with E-state index in [0.29, 0.717) is 25.3 Å². The molecule has 0 spiro atoms. The molecule has 0 aromatic heterocycles. The third-order valence-corrected chi connectivity index (χ3v) is 3.54. The van der Waals surface area contributed by atoms with Gasteiger partial charge in [0.15, 0.2) is 0 Å². The number of benzene rings is 1. The Morgan fingerprint density at radius 2 is 2.26 bits per heavy atom. The zero-order valence-electron chi connectivity index (χ0n) is 11.4. The van der Waals surface area contributed by atoms with Gasteiger partial charge in [-0.2, -0.15) is 0 Å². The van der Waals surface area contributed by atoms with Crippen LogP contribution in [0.2, 0.25) is 0 Å². The summed E-state index contributed by atoms with van der Waals surface area (Å²) in [6, 6.07) is 4.44. The first kappa shape index (κ1) is 14.0. The summed E-state index contributed by atoms with van der Waals surface area (Å²) >= 11 is 0. The average molecular weight is 265 g/mol. The number of hydrogen-bond acceptors (Lipinski definition) is 3. The minimum absolute atomic E-state index is 0.0688. The number of ether oxygens (including phenoxy) is 1. The summed E-state index contributed by atoms with van der Waals surface area (Å²) in [5.74, 6) is -0.462. The summed E-state index contributed by atoms with van der Waals surface area (Å²) in [5, 5.41) is 7.56. The third-order valence-electron chi connectivity index (χ3n) is 3.54. The minimum Gasteiger partial charge on any atom is -0.384 e. The number of rotatable bonds is 3. The molecule has 1 heterocycles. The van der Waals surface area contributed by atoms with Gasteiger partial charge in [0.2, 0.25) is 0 Å². The lowest BCUT2D eigenvalue weighted by Gasteiger charge is -2.42. The van der Waals surface area contributed by atoms with Crippen LogP contribution in [0.15, 0.2) is 18.2 Å². The van der Waals surface area contributed by atoms with Gasteiger partial charge in [-0.05, 0) is 31.5 Å². The van der Waals surface area contributed by atoms with Crippen LogP contribution in [-0.2, 0) is 11.3 Å². The Morgan fingerprint density at radius 3 is 2.89 bits per heavy atom. The Labute approximate surface area is 112 Å². The summed E-state index contributed by atoms with van der Waals surface area (Å²) in [4.78, 5) is 2.27. The van der Waals surface area contributed by atoms with Crippen LogP contribution in [0.25, 0.3) is 0 Å². The van der Waals surface area contributed by atoms with Crippen molar-refractivity contribution >= 4 is 5.84 Å². The number of nitrogen functional groups attached to an aromatic ring is 1. The van der Waals surface area contributed by atoms with Crippen molar-refractivity contribution in [1.29, 1.82) is 5.41 Å². The summed E-state index contributed by atoms with van der Waals surface area (Å²) in [6.07, 6.45) is 0. The zero-order chi connectivity index (χ0) is 14.0. The van der Waals surface area contributed by atoms with Crippen molar-refractivity contribution in [3.05, 3.63) is 35.1 Å². The summed E-state index contributed by atoms with van der Waals surface area (Å²) in [6.45, 7) is 7.06. The topological polar surface area (TPSA) is 62.3 Å². The van der Waals surface area contributed by atoms with Gasteiger partial charge in [0, 0.05) is 24.2 Å². The van der Waals surface area contributed by atoms with Gasteiger partial charge in [-0.3, -0.25) is 10.3 Å². The van der Waals surface area contributed by atoms with Crippen molar-refractivity contribution in [2.24, 2.45) is 5.73 Å². The molecular weight excluding hydrogens is 245 g/mol. The van der Waals surface area contributed by atoms with Crippen LogP contribution in [-0.4, -0.2) is 36.0 Å². The normalized spacial score (nSPS) is 19.3. The molecule has 0 bridgehead atoms. The first-order valence-corrected chi connectivity index (χ1v) is 6.36. The molecule has 0 atom stereocenters. The molecule has 0 amide bonds. The number of hydrogen-bond donors (Lipinski definition) is 2. The molecule has 5 heteroatoms. The zero-order valence-corrected chi connectivity index (χ0v) is 11.4. The predicted molar refractivity (Wildman–Crippen MR) is 72.7 cm³/mol. The van der Waals surface area contributed by atoms with E-state index in [4.69, 9.17) is 15.9 Å². The maximum Gasteiger partial charge on any atom is 0.123 e. The number of nitrogens with zero attached hydrogens (tertiary/aromatic N) is 1. The maximum absolute atomic E-state index is 13.3. The number of morpholine rings is 1. The standard InChI is InChI=1S/C14H20FN3O/c1-14(2)9-19-6-5-18(14)8-10-3-4-11(15)7-12(10)13(16)17/h3-4,7H,5-6,8-9H2,1-2H3,(H3,16,17). The number of amidine groups is 1. The molecular formula is C14H20FN3O. The molecule has 4 nitrogen and oxygen atoms in total. The van der Waals surface area contributed by atoms with Crippen LogP contribution in [0.5, 0.6) is 0 Å². The van der Waals surface area contributed by atoms with Crippen molar-refractivity contribution in [2.75, 3.05) is 19.8 Å². The number of halogens is 1. The van der Waals surface area contributed by atoms with Crippen molar-refractivity contribution in [1.82, 2.24) is 4.90 Å². The lowest BCUT2D eigenvalue weighted by atomic mass is 9.99. The van der Waals surface area contributed by atoms with E-state index < -0.39 is 0 Å². The largest absolute Gasteiger partial charge is 0.384 e. The fraction of sp³-hybridized carbons (Fsp3) is 0.500. The lowest BCUT2D eigenvalue weighted by Crippen LogP contribution is -2.52. The van der Waals surface area contributed by atoms with Crippen molar-refractivity contribution in [2.45, 2.75) is 25.9 Å². The molecule has 0 saturated carbocycles. The van der Waals surface area contributed by atoms with E-state index in [1.807, 2.05) is 0 Å². The summed E-state index contributed by atoms with van der Waals surface area (Å²) in [7, 11) is 0. The average Bonchev–Trinajstić information content (AvgIpc) is 2.33. The fourth-order valence-corrected chi connectivity index (χ4v) is 2.33.